The molecule has 1 aromatic rings. The summed E-state index contributed by atoms with van der Waals surface area (Å²) in [6.07, 6.45) is 0.0972. The van der Waals surface area contributed by atoms with Gasteiger partial charge in [0.2, 0.25) is 0 Å². The number of rotatable bonds is 3. The molecule has 108 valence electrons. The fourth-order valence-electron chi connectivity index (χ4n) is 2.09. The van der Waals surface area contributed by atoms with Crippen LogP contribution in [0.3, 0.4) is 0 Å². The predicted molar refractivity (Wildman–Crippen MR) is 84.4 cm³/mol. The largest absolute Gasteiger partial charge is 0.481 e. The van der Waals surface area contributed by atoms with Gasteiger partial charge in [0.25, 0.3) is 0 Å². The van der Waals surface area contributed by atoms with Crippen LogP contribution >= 0.6 is 35.0 Å². The molecule has 4 nitrogen and oxygen atoms in total. The van der Waals surface area contributed by atoms with Gasteiger partial charge in [0.05, 0.1) is 18.2 Å². The zero-order valence-electron chi connectivity index (χ0n) is 11.0. The lowest BCUT2D eigenvalue weighted by Crippen LogP contribution is -2.34. The lowest BCUT2D eigenvalue weighted by Gasteiger charge is -2.21. The van der Waals surface area contributed by atoms with Gasteiger partial charge in [-0.25, -0.2) is 4.99 Å². The molecule has 2 atom stereocenters. The van der Waals surface area contributed by atoms with Gasteiger partial charge in [-0.1, -0.05) is 41.9 Å². The number of amidine groups is 1. The minimum absolute atomic E-state index is 0.0640. The van der Waals surface area contributed by atoms with Crippen molar-refractivity contribution < 1.29 is 9.90 Å². The topological polar surface area (TPSA) is 52.9 Å². The average Bonchev–Trinajstić information content (AvgIpc) is 2.55. The number of thioether (sulfide) groups is 1. The van der Waals surface area contributed by atoms with Crippen molar-refractivity contribution in [3.63, 3.8) is 0 Å². The van der Waals surface area contributed by atoms with Gasteiger partial charge in [-0.15, -0.1) is 0 Å². The summed E-state index contributed by atoms with van der Waals surface area (Å²) in [5.41, 5.74) is 0.667. The monoisotopic (exact) mass is 332 g/mol. The molecule has 0 amide bonds. The summed E-state index contributed by atoms with van der Waals surface area (Å²) < 4.78 is 0. The van der Waals surface area contributed by atoms with Crippen molar-refractivity contribution in [3.8, 4) is 0 Å². The van der Waals surface area contributed by atoms with Gasteiger partial charge in [0.15, 0.2) is 5.17 Å². The molecule has 7 heteroatoms. The second-order valence-corrected chi connectivity index (χ2v) is 6.84. The van der Waals surface area contributed by atoms with Crippen molar-refractivity contribution in [3.05, 3.63) is 28.2 Å². The van der Waals surface area contributed by atoms with Gasteiger partial charge in [-0.2, -0.15) is 0 Å². The van der Waals surface area contributed by atoms with Crippen molar-refractivity contribution in [2.24, 2.45) is 4.99 Å². The van der Waals surface area contributed by atoms with Gasteiger partial charge in [-0.3, -0.25) is 4.79 Å². The highest BCUT2D eigenvalue weighted by Gasteiger charge is 2.35. The standard InChI is InChI=1S/C13H14Cl2N2O2S/c1-7-11(6-12(18)19)17(2)13(20-7)16-10-4-8(14)3-9(15)5-10/h3-5,7,11H,6H2,1-2H3,(H,18,19). The number of hydrogen-bond donors (Lipinski definition) is 1. The molecule has 1 heterocycles. The van der Waals surface area contributed by atoms with Crippen LogP contribution in [0.15, 0.2) is 23.2 Å². The lowest BCUT2D eigenvalue weighted by atomic mass is 10.1. The summed E-state index contributed by atoms with van der Waals surface area (Å²) in [4.78, 5) is 17.3. The summed E-state index contributed by atoms with van der Waals surface area (Å²) in [5, 5.41) is 10.9. The van der Waals surface area contributed by atoms with E-state index >= 15 is 0 Å². The van der Waals surface area contributed by atoms with Crippen LogP contribution in [-0.2, 0) is 4.79 Å². The number of nitrogens with zero attached hydrogens (tertiary/aromatic N) is 2. The molecule has 2 rings (SSSR count). The molecule has 0 radical (unpaired) electrons. The third kappa shape index (κ3) is 3.59. The molecule has 20 heavy (non-hydrogen) atoms. The Morgan fingerprint density at radius 3 is 2.55 bits per heavy atom. The molecule has 2 unspecified atom stereocenters. The summed E-state index contributed by atoms with van der Waals surface area (Å²) in [7, 11) is 1.86. The first-order chi connectivity index (χ1) is 9.36. The van der Waals surface area contributed by atoms with Crippen molar-refractivity contribution in [2.45, 2.75) is 24.6 Å². The van der Waals surface area contributed by atoms with Crippen LogP contribution < -0.4 is 0 Å². The molecule has 0 saturated carbocycles. The minimum Gasteiger partial charge on any atom is -0.481 e. The number of aliphatic imine (C=N–C) groups is 1. The zero-order valence-corrected chi connectivity index (χ0v) is 13.3. The quantitative estimate of drug-likeness (QED) is 0.912. The predicted octanol–water partition coefficient (Wildman–Crippen LogP) is 3.89. The highest BCUT2D eigenvalue weighted by molar-refractivity contribution is 8.14. The number of carbonyl (C=O) groups is 1. The van der Waals surface area contributed by atoms with E-state index in [1.165, 1.54) is 0 Å². The first-order valence-electron chi connectivity index (χ1n) is 6.03. The molecule has 1 aliphatic rings. The van der Waals surface area contributed by atoms with Crippen molar-refractivity contribution in [1.29, 1.82) is 0 Å². The zero-order chi connectivity index (χ0) is 14.9. The number of halogens is 2. The van der Waals surface area contributed by atoms with Crippen LogP contribution in [0.5, 0.6) is 0 Å². The molecule has 0 spiro atoms. The Morgan fingerprint density at radius 1 is 1.40 bits per heavy atom. The summed E-state index contributed by atoms with van der Waals surface area (Å²) in [5.74, 6) is -0.804. The maximum absolute atomic E-state index is 10.9. The molecule has 1 N–H and O–H groups in total. The van der Waals surface area contributed by atoms with Gasteiger partial charge in [0, 0.05) is 22.3 Å². The Labute approximate surface area is 131 Å². The highest BCUT2D eigenvalue weighted by atomic mass is 35.5. The van der Waals surface area contributed by atoms with E-state index in [4.69, 9.17) is 28.3 Å². The Morgan fingerprint density at radius 2 is 2.00 bits per heavy atom. The fourth-order valence-corrected chi connectivity index (χ4v) is 3.83. The molecule has 1 fully saturated rings. The van der Waals surface area contributed by atoms with Gasteiger partial charge in [0.1, 0.15) is 0 Å². The maximum atomic E-state index is 10.9. The van der Waals surface area contributed by atoms with Gasteiger partial charge < -0.3 is 10.0 Å². The minimum atomic E-state index is -0.804. The van der Waals surface area contributed by atoms with E-state index in [9.17, 15) is 4.79 Å². The third-order valence-corrected chi connectivity index (χ3v) is 4.80. The van der Waals surface area contributed by atoms with Crippen molar-refractivity contribution in [1.82, 2.24) is 4.90 Å². The van der Waals surface area contributed by atoms with Gasteiger partial charge >= 0.3 is 5.97 Å². The number of carboxylic acids is 1. The molecular formula is C13H14Cl2N2O2S. The highest BCUT2D eigenvalue weighted by Crippen LogP contribution is 2.34. The van der Waals surface area contributed by atoms with Crippen LogP contribution in [0.4, 0.5) is 5.69 Å². The Bertz CT molecular complexity index is 545. The Balaban J connectivity index is 2.24. The third-order valence-electron chi connectivity index (χ3n) is 3.09. The van der Waals surface area contributed by atoms with E-state index in [1.807, 2.05) is 18.9 Å². The van der Waals surface area contributed by atoms with E-state index in [2.05, 4.69) is 4.99 Å². The van der Waals surface area contributed by atoms with Crippen LogP contribution in [0.25, 0.3) is 0 Å². The number of carboxylic acid groups (broad SMARTS) is 1. The fraction of sp³-hybridized carbons (Fsp3) is 0.385. The molecule has 1 aliphatic heterocycles. The van der Waals surface area contributed by atoms with E-state index in [0.29, 0.717) is 15.7 Å². The van der Waals surface area contributed by atoms with Gasteiger partial charge in [-0.05, 0) is 18.2 Å². The van der Waals surface area contributed by atoms with Crippen LogP contribution in [0.1, 0.15) is 13.3 Å². The molecule has 0 aliphatic carbocycles. The first kappa shape index (κ1) is 15.5. The summed E-state index contributed by atoms with van der Waals surface area (Å²) in [6.45, 7) is 2.00. The second-order valence-electron chi connectivity index (χ2n) is 4.62. The van der Waals surface area contributed by atoms with E-state index in [1.54, 1.807) is 30.0 Å². The van der Waals surface area contributed by atoms with Crippen molar-refractivity contribution >= 4 is 51.8 Å². The molecule has 0 aromatic heterocycles. The molecule has 1 aromatic carbocycles. The van der Waals surface area contributed by atoms with E-state index in [-0.39, 0.29) is 17.7 Å². The van der Waals surface area contributed by atoms with Crippen LogP contribution in [-0.4, -0.2) is 39.5 Å². The molecule has 1 saturated heterocycles. The number of aliphatic carboxylic acids is 1. The van der Waals surface area contributed by atoms with Crippen molar-refractivity contribution in [2.75, 3.05) is 7.05 Å². The summed E-state index contributed by atoms with van der Waals surface area (Å²) >= 11 is 13.4. The number of benzene rings is 1. The number of hydrogen-bond acceptors (Lipinski definition) is 3. The maximum Gasteiger partial charge on any atom is 0.305 e. The Kier molecular flexibility index (Phi) is 4.83. The second kappa shape index (κ2) is 6.24. The average molecular weight is 333 g/mol. The molecular weight excluding hydrogens is 319 g/mol. The first-order valence-corrected chi connectivity index (χ1v) is 7.66. The molecule has 0 bridgehead atoms. The smallest absolute Gasteiger partial charge is 0.305 e. The normalized spacial score (nSPS) is 24.4. The van der Waals surface area contributed by atoms with E-state index in [0.717, 1.165) is 5.17 Å². The van der Waals surface area contributed by atoms with E-state index < -0.39 is 5.97 Å². The Hall–Kier alpha value is -0.910. The summed E-state index contributed by atoms with van der Waals surface area (Å²) in [6, 6.07) is 5.04. The van der Waals surface area contributed by atoms with Crippen LogP contribution in [0.2, 0.25) is 10.0 Å². The van der Waals surface area contributed by atoms with Crippen LogP contribution in [0, 0.1) is 0 Å². The SMILES string of the molecule is CC1SC(=Nc2cc(Cl)cc(Cl)c2)N(C)C1CC(=O)O. The lowest BCUT2D eigenvalue weighted by molar-refractivity contribution is -0.137.